The fraction of sp³-hybridized carbons (Fsp3) is 0.357. The summed E-state index contributed by atoms with van der Waals surface area (Å²) in [5.74, 6) is 0.344. The van der Waals surface area contributed by atoms with E-state index in [2.05, 4.69) is 40.5 Å². The second-order valence-corrected chi connectivity index (χ2v) is 9.90. The minimum Gasteiger partial charge on any atom is -0.395 e. The van der Waals surface area contributed by atoms with Crippen LogP contribution in [0.15, 0.2) is 65.0 Å². The molecule has 0 aliphatic heterocycles. The van der Waals surface area contributed by atoms with Crippen molar-refractivity contribution in [3.63, 3.8) is 0 Å². The summed E-state index contributed by atoms with van der Waals surface area (Å²) in [5, 5.41) is 25.3. The Morgan fingerprint density at radius 2 is 1.32 bits per heavy atom. The van der Waals surface area contributed by atoms with Crippen molar-refractivity contribution in [2.75, 3.05) is 13.2 Å². The quantitative estimate of drug-likeness (QED) is 0.121. The number of aliphatic hydroxyl groups excluding tert-OH is 2. The minimum absolute atomic E-state index is 0.0388. The zero-order chi connectivity index (χ0) is 28.5. The van der Waals surface area contributed by atoms with E-state index in [9.17, 15) is 19.8 Å². The van der Waals surface area contributed by atoms with Crippen molar-refractivity contribution < 1.29 is 10.2 Å². The first-order chi connectivity index (χ1) is 19.4. The lowest BCUT2D eigenvalue weighted by Crippen LogP contribution is -2.36. The summed E-state index contributed by atoms with van der Waals surface area (Å²) in [6, 6.07) is 10.0. The van der Waals surface area contributed by atoms with Gasteiger partial charge < -0.3 is 40.8 Å². The maximum absolute atomic E-state index is 11.6. The Kier molecular flexibility index (Phi) is 9.97. The number of hydrogen-bond donors (Lipinski definition) is 8. The molecule has 0 unspecified atom stereocenters. The van der Waals surface area contributed by atoms with Gasteiger partial charge in [0.15, 0.2) is 0 Å². The summed E-state index contributed by atoms with van der Waals surface area (Å²) in [5.41, 5.74) is 4.94. The predicted molar refractivity (Wildman–Crippen MR) is 154 cm³/mol. The summed E-state index contributed by atoms with van der Waals surface area (Å²) in [4.78, 5) is 42.4. The van der Waals surface area contributed by atoms with E-state index in [1.807, 2.05) is 44.2 Å². The van der Waals surface area contributed by atoms with Crippen molar-refractivity contribution in [3.8, 4) is 0 Å². The highest BCUT2D eigenvalue weighted by molar-refractivity contribution is 5.78. The molecule has 212 valence electrons. The van der Waals surface area contributed by atoms with Crippen LogP contribution in [0, 0.1) is 5.92 Å². The van der Waals surface area contributed by atoms with Gasteiger partial charge in [-0.25, -0.2) is 9.97 Å². The Bertz CT molecular complexity index is 1610. The molecular weight excluding hydrogens is 512 g/mol. The first kappa shape index (κ1) is 28.9. The maximum Gasteiger partial charge on any atom is 0.275 e. The fourth-order valence-electron chi connectivity index (χ4n) is 4.39. The van der Waals surface area contributed by atoms with Gasteiger partial charge in [-0.2, -0.15) is 0 Å². The van der Waals surface area contributed by atoms with Crippen LogP contribution in [0.2, 0.25) is 0 Å². The highest BCUT2D eigenvalue weighted by Gasteiger charge is 2.14. The maximum atomic E-state index is 11.6. The number of aromatic amines is 4. The molecule has 4 heterocycles. The highest BCUT2D eigenvalue weighted by atomic mass is 16.3. The Balaban J connectivity index is 0.000000189. The van der Waals surface area contributed by atoms with E-state index >= 15 is 0 Å². The summed E-state index contributed by atoms with van der Waals surface area (Å²) in [6.45, 7) is 5.34. The third-order valence-corrected chi connectivity index (χ3v) is 6.78. The molecule has 0 amide bonds. The lowest BCUT2D eigenvalue weighted by atomic mass is 10.1. The van der Waals surface area contributed by atoms with Gasteiger partial charge in [0.2, 0.25) is 0 Å². The molecule has 5 rings (SSSR count). The van der Waals surface area contributed by atoms with Gasteiger partial charge >= 0.3 is 0 Å². The van der Waals surface area contributed by atoms with Crippen molar-refractivity contribution in [2.45, 2.75) is 45.4 Å². The number of H-pyrrole nitrogens is 4. The van der Waals surface area contributed by atoms with E-state index in [1.54, 1.807) is 12.4 Å². The second-order valence-electron chi connectivity index (χ2n) is 9.90. The van der Waals surface area contributed by atoms with E-state index in [4.69, 9.17) is 0 Å². The van der Waals surface area contributed by atoms with Gasteiger partial charge in [-0.05, 0) is 17.9 Å². The third kappa shape index (κ3) is 7.10. The van der Waals surface area contributed by atoms with Gasteiger partial charge in [0.05, 0.1) is 36.9 Å². The molecule has 1 aromatic carbocycles. The highest BCUT2D eigenvalue weighted by Crippen LogP contribution is 2.13. The van der Waals surface area contributed by atoms with Crippen LogP contribution in [-0.4, -0.2) is 65.4 Å². The Morgan fingerprint density at radius 1 is 0.775 bits per heavy atom. The summed E-state index contributed by atoms with van der Waals surface area (Å²) < 4.78 is 0. The van der Waals surface area contributed by atoms with E-state index in [1.165, 1.54) is 18.2 Å². The molecule has 0 aliphatic carbocycles. The Hall–Kier alpha value is -4.10. The zero-order valence-corrected chi connectivity index (χ0v) is 22.6. The minimum atomic E-state index is -0.181. The second kappa shape index (κ2) is 13.8. The van der Waals surface area contributed by atoms with Gasteiger partial charge in [-0.1, -0.05) is 44.2 Å². The Labute approximate surface area is 230 Å². The number of fused-ring (bicyclic) bond motifs is 2. The van der Waals surface area contributed by atoms with Crippen LogP contribution >= 0.6 is 0 Å². The number of rotatable bonds is 11. The van der Waals surface area contributed by atoms with Crippen molar-refractivity contribution in [1.29, 1.82) is 0 Å². The van der Waals surface area contributed by atoms with Crippen LogP contribution in [0.5, 0.6) is 0 Å². The zero-order valence-electron chi connectivity index (χ0n) is 22.6. The van der Waals surface area contributed by atoms with E-state index in [0.717, 1.165) is 17.5 Å². The molecule has 0 saturated carbocycles. The van der Waals surface area contributed by atoms with Crippen molar-refractivity contribution >= 4 is 22.1 Å². The SMILES string of the molecule is CC(C)[C@H](CO)NCc1c[nH]c2c(=O)[nH]cnc12.O=c1[nH]cnc2c(CN[C@@H](CO)Cc3ccccc3)c[nH]c12. The molecule has 8 N–H and O–H groups in total. The molecule has 0 aliphatic rings. The number of aromatic nitrogens is 6. The number of aliphatic hydroxyl groups is 2. The average molecular weight is 549 g/mol. The van der Waals surface area contributed by atoms with Gasteiger partial charge in [-0.15, -0.1) is 0 Å². The van der Waals surface area contributed by atoms with Crippen molar-refractivity contribution in [2.24, 2.45) is 5.92 Å². The van der Waals surface area contributed by atoms with Gasteiger partial charge in [0, 0.05) is 48.7 Å². The summed E-state index contributed by atoms with van der Waals surface area (Å²) >= 11 is 0. The van der Waals surface area contributed by atoms with E-state index < -0.39 is 0 Å². The molecule has 0 radical (unpaired) electrons. The molecule has 40 heavy (non-hydrogen) atoms. The van der Waals surface area contributed by atoms with Crippen molar-refractivity contribution in [1.82, 2.24) is 40.5 Å². The normalized spacial score (nSPS) is 12.9. The average Bonchev–Trinajstić information content (AvgIpc) is 3.58. The molecule has 0 bridgehead atoms. The van der Waals surface area contributed by atoms with Crippen LogP contribution in [-0.2, 0) is 19.5 Å². The number of benzene rings is 1. The molecule has 4 aromatic heterocycles. The van der Waals surface area contributed by atoms with Crippen LogP contribution in [0.3, 0.4) is 0 Å². The number of nitrogens with one attached hydrogen (secondary N) is 6. The summed E-state index contributed by atoms with van der Waals surface area (Å²) in [7, 11) is 0. The standard InChI is InChI=1S/C16H18N4O2.C12H18N4O2/c21-9-13(6-11-4-2-1-3-5-11)17-7-12-8-18-15-14(12)19-10-20-16(15)22;1-7(2)9(5-17)13-3-8-4-14-11-10(8)15-6-16-12(11)18/h1-5,8,10,13,17-18,21H,6-7,9H2,(H,19,20,22);4,6-7,9,13-14,17H,3,5H2,1-2H3,(H,15,16,18)/t13-;9-/m10/s1. The molecule has 12 nitrogen and oxygen atoms in total. The molecule has 0 fully saturated rings. The number of hydrogen-bond acceptors (Lipinski definition) is 8. The topological polar surface area (TPSA) is 188 Å². The van der Waals surface area contributed by atoms with Crippen LogP contribution < -0.4 is 21.8 Å². The predicted octanol–water partition coefficient (Wildman–Crippen LogP) is 1.30. The first-order valence-corrected chi connectivity index (χ1v) is 13.2. The van der Waals surface area contributed by atoms with Gasteiger partial charge in [0.1, 0.15) is 11.0 Å². The lowest BCUT2D eigenvalue weighted by Gasteiger charge is -2.19. The van der Waals surface area contributed by atoms with Crippen LogP contribution in [0.25, 0.3) is 22.1 Å². The van der Waals surface area contributed by atoms with Crippen molar-refractivity contribution in [3.05, 3.63) is 92.8 Å². The molecule has 0 spiro atoms. The lowest BCUT2D eigenvalue weighted by molar-refractivity contribution is 0.210. The summed E-state index contributed by atoms with van der Waals surface area (Å²) in [6.07, 6.45) is 7.09. The monoisotopic (exact) mass is 548 g/mol. The Morgan fingerprint density at radius 3 is 1.82 bits per heavy atom. The first-order valence-electron chi connectivity index (χ1n) is 13.2. The number of nitrogens with zero attached hydrogens (tertiary/aromatic N) is 2. The third-order valence-electron chi connectivity index (χ3n) is 6.78. The molecule has 2 atom stereocenters. The van der Waals surface area contributed by atoms with Gasteiger partial charge in [-0.3, -0.25) is 9.59 Å². The molecule has 0 saturated heterocycles. The van der Waals surface area contributed by atoms with Crippen LogP contribution in [0.4, 0.5) is 0 Å². The van der Waals surface area contributed by atoms with E-state index in [0.29, 0.717) is 41.1 Å². The molecule has 12 heteroatoms. The van der Waals surface area contributed by atoms with E-state index in [-0.39, 0.29) is 36.4 Å². The van der Waals surface area contributed by atoms with Gasteiger partial charge in [0.25, 0.3) is 11.1 Å². The van der Waals surface area contributed by atoms with Crippen LogP contribution in [0.1, 0.15) is 30.5 Å². The largest absolute Gasteiger partial charge is 0.395 e. The fourth-order valence-corrected chi connectivity index (χ4v) is 4.39. The smallest absolute Gasteiger partial charge is 0.275 e. The molecule has 5 aromatic rings. The molecular formula is C28H36N8O4.